The highest BCUT2D eigenvalue weighted by molar-refractivity contribution is 7.99. The van der Waals surface area contributed by atoms with E-state index in [-0.39, 0.29) is 0 Å². The van der Waals surface area contributed by atoms with E-state index in [0.29, 0.717) is 6.04 Å². The van der Waals surface area contributed by atoms with Crippen LogP contribution in [0.5, 0.6) is 0 Å². The van der Waals surface area contributed by atoms with E-state index in [1.54, 1.807) is 0 Å². The van der Waals surface area contributed by atoms with Crippen molar-refractivity contribution in [1.29, 1.82) is 0 Å². The molecule has 3 nitrogen and oxygen atoms in total. The molecule has 1 N–H and O–H groups in total. The highest BCUT2D eigenvalue weighted by Gasteiger charge is 2.22. The molecule has 1 aromatic rings. The summed E-state index contributed by atoms with van der Waals surface area (Å²) in [5.74, 6) is 1.05. The molecule has 1 heterocycles. The third kappa shape index (κ3) is 3.16. The van der Waals surface area contributed by atoms with Gasteiger partial charge in [-0.15, -0.1) is 0 Å². The molecule has 2 rings (SSSR count). The molecule has 0 aliphatic heterocycles. The van der Waals surface area contributed by atoms with Gasteiger partial charge in [-0.3, -0.25) is 0 Å². The minimum atomic E-state index is 0.684. The van der Waals surface area contributed by atoms with Crippen molar-refractivity contribution in [2.45, 2.75) is 44.0 Å². The van der Waals surface area contributed by atoms with Crippen molar-refractivity contribution >= 4 is 17.7 Å². The molecular weight excluding hydrogens is 206 g/mol. The lowest BCUT2D eigenvalue weighted by atomic mass is 10.3. The van der Waals surface area contributed by atoms with Crippen LogP contribution in [0.15, 0.2) is 12.4 Å². The van der Waals surface area contributed by atoms with Gasteiger partial charge >= 0.3 is 0 Å². The smallest absolute Gasteiger partial charge is 0.202 e. The zero-order valence-corrected chi connectivity index (χ0v) is 10.3. The Hall–Kier alpha value is -0.640. The van der Waals surface area contributed by atoms with Crippen molar-refractivity contribution in [1.82, 2.24) is 9.55 Å². The van der Waals surface area contributed by atoms with Gasteiger partial charge in [-0.05, 0) is 25.5 Å². The summed E-state index contributed by atoms with van der Waals surface area (Å²) in [6.07, 6.45) is 9.92. The molecule has 84 valence electrons. The Morgan fingerprint density at radius 1 is 1.67 bits per heavy atom. The van der Waals surface area contributed by atoms with Crippen molar-refractivity contribution in [2.75, 3.05) is 11.6 Å². The second-order valence-corrected chi connectivity index (χ2v) is 5.47. The molecular formula is C11H19N3S. The number of nitrogens with zero attached hydrogens (tertiary/aromatic N) is 2. The van der Waals surface area contributed by atoms with E-state index < -0.39 is 0 Å². The average molecular weight is 225 g/mol. The summed E-state index contributed by atoms with van der Waals surface area (Å²) >= 11 is 1.92. The van der Waals surface area contributed by atoms with Crippen LogP contribution in [-0.4, -0.2) is 27.1 Å². The van der Waals surface area contributed by atoms with E-state index in [1.807, 2.05) is 18.0 Å². The molecule has 1 aliphatic rings. The van der Waals surface area contributed by atoms with Gasteiger partial charge in [-0.1, -0.05) is 6.92 Å². The number of nitrogens with one attached hydrogen (secondary N) is 1. The fourth-order valence-electron chi connectivity index (χ4n) is 1.48. The number of thioether (sulfide) groups is 1. The number of aryl methyl sites for hydroxylation is 1. The van der Waals surface area contributed by atoms with Crippen LogP contribution in [0.1, 0.15) is 26.2 Å². The Labute approximate surface area is 95.7 Å². The first-order chi connectivity index (χ1) is 7.29. The van der Waals surface area contributed by atoms with Crippen molar-refractivity contribution in [3.05, 3.63) is 12.4 Å². The van der Waals surface area contributed by atoms with Gasteiger partial charge < -0.3 is 9.88 Å². The van der Waals surface area contributed by atoms with E-state index in [9.17, 15) is 0 Å². The van der Waals surface area contributed by atoms with Crippen LogP contribution < -0.4 is 5.32 Å². The predicted molar refractivity (Wildman–Crippen MR) is 66.5 cm³/mol. The topological polar surface area (TPSA) is 29.9 Å². The fourth-order valence-corrected chi connectivity index (χ4v) is 1.82. The first kappa shape index (κ1) is 10.9. The molecule has 0 amide bonds. The second-order valence-electron chi connectivity index (χ2n) is 4.20. The van der Waals surface area contributed by atoms with Crippen LogP contribution in [0, 0.1) is 0 Å². The summed E-state index contributed by atoms with van der Waals surface area (Å²) in [6.45, 7) is 3.34. The van der Waals surface area contributed by atoms with Crippen molar-refractivity contribution in [3.63, 3.8) is 0 Å². The summed E-state index contributed by atoms with van der Waals surface area (Å²) < 4.78 is 2.23. The maximum Gasteiger partial charge on any atom is 0.202 e. The molecule has 1 unspecified atom stereocenters. The Bertz CT molecular complexity index is 307. The number of anilines is 1. The molecule has 15 heavy (non-hydrogen) atoms. The van der Waals surface area contributed by atoms with E-state index in [0.717, 1.165) is 17.7 Å². The van der Waals surface area contributed by atoms with E-state index >= 15 is 0 Å². The van der Waals surface area contributed by atoms with E-state index in [2.05, 4.69) is 34.2 Å². The minimum absolute atomic E-state index is 0.684. The molecule has 1 saturated carbocycles. The summed E-state index contributed by atoms with van der Waals surface area (Å²) in [4.78, 5) is 4.35. The molecule has 0 saturated heterocycles. The SMILES string of the molecule is CSC(C)CCn1ccnc1NC1CC1. The third-order valence-corrected chi connectivity index (χ3v) is 3.85. The second kappa shape index (κ2) is 4.92. The first-order valence-corrected chi connectivity index (χ1v) is 6.89. The lowest BCUT2D eigenvalue weighted by molar-refractivity contribution is 0.643. The standard InChI is InChI=1S/C11H19N3S/c1-9(15-2)5-7-14-8-6-12-11(14)13-10-3-4-10/h6,8-10H,3-5,7H2,1-2H3,(H,12,13). The zero-order chi connectivity index (χ0) is 10.7. The van der Waals surface area contributed by atoms with Gasteiger partial charge in [0.15, 0.2) is 0 Å². The van der Waals surface area contributed by atoms with Crippen LogP contribution in [0.4, 0.5) is 5.95 Å². The van der Waals surface area contributed by atoms with Crippen LogP contribution in [0.2, 0.25) is 0 Å². The highest BCUT2D eigenvalue weighted by Crippen LogP contribution is 2.24. The van der Waals surface area contributed by atoms with Gasteiger partial charge in [0.2, 0.25) is 5.95 Å². The van der Waals surface area contributed by atoms with Crippen LogP contribution in [0.3, 0.4) is 0 Å². The molecule has 1 aliphatic carbocycles. The summed E-state index contributed by atoms with van der Waals surface area (Å²) in [5.41, 5.74) is 0. The quantitative estimate of drug-likeness (QED) is 0.807. The summed E-state index contributed by atoms with van der Waals surface area (Å²) in [6, 6.07) is 0.684. The molecule has 1 fully saturated rings. The van der Waals surface area contributed by atoms with Gasteiger partial charge in [-0.2, -0.15) is 11.8 Å². The predicted octanol–water partition coefficient (Wildman–Crippen LogP) is 2.60. The van der Waals surface area contributed by atoms with Crippen molar-refractivity contribution < 1.29 is 0 Å². The lowest BCUT2D eigenvalue weighted by Gasteiger charge is -2.11. The third-order valence-electron chi connectivity index (χ3n) is 2.80. The molecule has 0 bridgehead atoms. The Morgan fingerprint density at radius 2 is 2.47 bits per heavy atom. The fraction of sp³-hybridized carbons (Fsp3) is 0.727. The van der Waals surface area contributed by atoms with Gasteiger partial charge in [0.05, 0.1) is 0 Å². The highest BCUT2D eigenvalue weighted by atomic mass is 32.2. The maximum atomic E-state index is 4.35. The first-order valence-electron chi connectivity index (χ1n) is 5.60. The van der Waals surface area contributed by atoms with Crippen LogP contribution in [-0.2, 0) is 6.54 Å². The average Bonchev–Trinajstić information content (AvgIpc) is 2.94. The Balaban J connectivity index is 1.86. The number of imidazole rings is 1. The van der Waals surface area contributed by atoms with Gasteiger partial charge in [0.1, 0.15) is 0 Å². The van der Waals surface area contributed by atoms with Crippen molar-refractivity contribution in [3.8, 4) is 0 Å². The Morgan fingerprint density at radius 3 is 3.13 bits per heavy atom. The van der Waals surface area contributed by atoms with E-state index in [1.165, 1.54) is 19.3 Å². The molecule has 0 radical (unpaired) electrons. The molecule has 0 spiro atoms. The monoisotopic (exact) mass is 225 g/mol. The minimum Gasteiger partial charge on any atom is -0.353 e. The normalized spacial score (nSPS) is 17.7. The largest absolute Gasteiger partial charge is 0.353 e. The summed E-state index contributed by atoms with van der Waals surface area (Å²) in [5, 5.41) is 4.17. The number of rotatable bonds is 6. The van der Waals surface area contributed by atoms with E-state index in [4.69, 9.17) is 0 Å². The number of hydrogen-bond acceptors (Lipinski definition) is 3. The Kier molecular flexibility index (Phi) is 3.57. The lowest BCUT2D eigenvalue weighted by Crippen LogP contribution is -2.11. The van der Waals surface area contributed by atoms with Crippen molar-refractivity contribution in [2.24, 2.45) is 0 Å². The van der Waals surface area contributed by atoms with Gasteiger partial charge in [-0.25, -0.2) is 4.98 Å². The van der Waals surface area contributed by atoms with Gasteiger partial charge in [0.25, 0.3) is 0 Å². The summed E-state index contributed by atoms with van der Waals surface area (Å²) in [7, 11) is 0. The number of hydrogen-bond donors (Lipinski definition) is 1. The van der Waals surface area contributed by atoms with Crippen LogP contribution in [0.25, 0.3) is 0 Å². The number of aromatic nitrogens is 2. The molecule has 1 aromatic heterocycles. The molecule has 0 aromatic carbocycles. The van der Waals surface area contributed by atoms with Crippen LogP contribution >= 0.6 is 11.8 Å². The van der Waals surface area contributed by atoms with Gasteiger partial charge in [0, 0.05) is 30.2 Å². The molecule has 4 heteroatoms. The zero-order valence-electron chi connectivity index (χ0n) is 9.44. The molecule has 1 atom stereocenters. The maximum absolute atomic E-state index is 4.35.